The van der Waals surface area contributed by atoms with Crippen molar-refractivity contribution in [2.75, 3.05) is 39.3 Å². The minimum atomic E-state index is -0.276. The van der Waals surface area contributed by atoms with Gasteiger partial charge in [-0.05, 0) is 48.4 Å². The maximum Gasteiger partial charge on any atom is 0.227 e. The molecule has 1 amide bonds. The van der Waals surface area contributed by atoms with Crippen LogP contribution in [0.1, 0.15) is 23.6 Å². The molecule has 2 fully saturated rings. The van der Waals surface area contributed by atoms with Gasteiger partial charge < -0.3 is 10.2 Å². The first-order valence-electron chi connectivity index (χ1n) is 9.86. The second-order valence-corrected chi connectivity index (χ2v) is 7.56. The zero-order chi connectivity index (χ0) is 19.5. The zero-order valence-corrected chi connectivity index (χ0v) is 18.2. The molecule has 1 N–H and O–H groups in total. The van der Waals surface area contributed by atoms with Crippen molar-refractivity contribution in [3.8, 4) is 0 Å². The highest BCUT2D eigenvalue weighted by Crippen LogP contribution is 2.30. The molecular formula is C22H27Cl2F2N3O. The number of piperazine rings is 1. The highest BCUT2D eigenvalue weighted by atomic mass is 35.5. The lowest BCUT2D eigenvalue weighted by atomic mass is 9.96. The van der Waals surface area contributed by atoms with Crippen LogP contribution in [0.4, 0.5) is 8.78 Å². The molecule has 4 nitrogen and oxygen atoms in total. The number of amides is 1. The molecule has 0 radical (unpaired) electrons. The van der Waals surface area contributed by atoms with E-state index in [0.29, 0.717) is 13.1 Å². The number of carbonyl (C=O) groups excluding carboxylic acids is 1. The minimum Gasteiger partial charge on any atom is -0.340 e. The van der Waals surface area contributed by atoms with E-state index in [1.165, 1.54) is 24.3 Å². The summed E-state index contributed by atoms with van der Waals surface area (Å²) in [4.78, 5) is 16.9. The summed E-state index contributed by atoms with van der Waals surface area (Å²) < 4.78 is 26.8. The van der Waals surface area contributed by atoms with E-state index in [1.807, 2.05) is 4.90 Å². The van der Waals surface area contributed by atoms with E-state index in [0.717, 1.165) is 43.7 Å². The molecule has 0 bridgehead atoms. The molecule has 2 heterocycles. The van der Waals surface area contributed by atoms with E-state index in [-0.39, 0.29) is 54.3 Å². The Balaban J connectivity index is 0.00000160. The monoisotopic (exact) mass is 457 g/mol. The lowest BCUT2D eigenvalue weighted by molar-refractivity contribution is -0.136. The Morgan fingerprint density at radius 3 is 1.80 bits per heavy atom. The average molecular weight is 458 g/mol. The predicted molar refractivity (Wildman–Crippen MR) is 118 cm³/mol. The fraction of sp³-hybridized carbons (Fsp3) is 0.409. The molecule has 8 heteroatoms. The van der Waals surface area contributed by atoms with Gasteiger partial charge in [0, 0.05) is 32.7 Å². The van der Waals surface area contributed by atoms with Crippen molar-refractivity contribution in [1.82, 2.24) is 15.1 Å². The molecule has 2 aromatic rings. The average Bonchev–Trinajstić information content (AvgIpc) is 3.26. The number of carbonyl (C=O) groups is 1. The Kier molecular flexibility index (Phi) is 9.04. The van der Waals surface area contributed by atoms with Crippen LogP contribution >= 0.6 is 24.8 Å². The molecule has 0 spiro atoms. The molecule has 4 rings (SSSR count). The minimum absolute atomic E-state index is 0. The molecule has 1 atom stereocenters. The zero-order valence-electron chi connectivity index (χ0n) is 16.6. The van der Waals surface area contributed by atoms with Gasteiger partial charge in [-0.15, -0.1) is 24.8 Å². The standard InChI is InChI=1S/C22H25F2N3O.2ClH/c23-19-5-1-16(2-6-19)21(17-3-7-20(24)8-4-17)26-11-13-27(14-12-26)22(28)18-9-10-25-15-18;;/h1-8,18,21,25H,9-15H2;2*1H. The van der Waals surface area contributed by atoms with E-state index < -0.39 is 0 Å². The fourth-order valence-electron chi connectivity index (χ4n) is 4.23. The van der Waals surface area contributed by atoms with Crippen LogP contribution < -0.4 is 5.32 Å². The van der Waals surface area contributed by atoms with Gasteiger partial charge >= 0.3 is 0 Å². The number of hydrogen-bond acceptors (Lipinski definition) is 3. The van der Waals surface area contributed by atoms with Crippen LogP contribution in [0, 0.1) is 17.6 Å². The largest absolute Gasteiger partial charge is 0.340 e. The lowest BCUT2D eigenvalue weighted by Crippen LogP contribution is -2.51. The number of rotatable bonds is 4. The van der Waals surface area contributed by atoms with E-state index >= 15 is 0 Å². The Morgan fingerprint density at radius 2 is 1.37 bits per heavy atom. The number of halogens is 4. The summed E-state index contributed by atoms with van der Waals surface area (Å²) in [5.41, 5.74) is 1.93. The van der Waals surface area contributed by atoms with Crippen molar-refractivity contribution in [3.05, 3.63) is 71.3 Å². The third-order valence-electron chi connectivity index (χ3n) is 5.77. The third kappa shape index (κ3) is 5.49. The van der Waals surface area contributed by atoms with Gasteiger partial charge in [-0.1, -0.05) is 24.3 Å². The Hall–Kier alpha value is -1.73. The van der Waals surface area contributed by atoms with Gasteiger partial charge in [0.1, 0.15) is 11.6 Å². The predicted octanol–water partition coefficient (Wildman–Crippen LogP) is 3.65. The topological polar surface area (TPSA) is 35.6 Å². The molecule has 0 aliphatic carbocycles. The first-order valence-corrected chi connectivity index (χ1v) is 9.86. The van der Waals surface area contributed by atoms with E-state index in [2.05, 4.69) is 10.2 Å². The quantitative estimate of drug-likeness (QED) is 0.760. The molecule has 1 unspecified atom stereocenters. The maximum absolute atomic E-state index is 13.4. The number of benzene rings is 2. The van der Waals surface area contributed by atoms with Gasteiger partial charge in [0.25, 0.3) is 0 Å². The van der Waals surface area contributed by atoms with Gasteiger partial charge in [0.2, 0.25) is 5.91 Å². The van der Waals surface area contributed by atoms with Crippen LogP contribution in [-0.4, -0.2) is 55.0 Å². The van der Waals surface area contributed by atoms with Crippen LogP contribution in [0.3, 0.4) is 0 Å². The molecule has 164 valence electrons. The molecule has 0 aromatic heterocycles. The van der Waals surface area contributed by atoms with Gasteiger partial charge in [0.05, 0.1) is 12.0 Å². The summed E-state index contributed by atoms with van der Waals surface area (Å²) in [5, 5.41) is 3.25. The molecule has 30 heavy (non-hydrogen) atoms. The smallest absolute Gasteiger partial charge is 0.227 e. The molecular weight excluding hydrogens is 431 g/mol. The lowest BCUT2D eigenvalue weighted by Gasteiger charge is -2.40. The second kappa shape index (κ2) is 11.0. The van der Waals surface area contributed by atoms with Gasteiger partial charge in [-0.3, -0.25) is 9.69 Å². The summed E-state index contributed by atoms with van der Waals surface area (Å²) in [6.45, 7) is 4.49. The molecule has 0 saturated carbocycles. The second-order valence-electron chi connectivity index (χ2n) is 7.56. The van der Waals surface area contributed by atoms with Crippen molar-refractivity contribution in [1.29, 1.82) is 0 Å². The van der Waals surface area contributed by atoms with Crippen LogP contribution in [0.5, 0.6) is 0 Å². The Bertz CT molecular complexity index is 761. The maximum atomic E-state index is 13.4. The summed E-state index contributed by atoms with van der Waals surface area (Å²) in [6, 6.07) is 12.9. The SMILES string of the molecule is Cl.Cl.O=C(C1CCNC1)N1CCN(C(c2ccc(F)cc2)c2ccc(F)cc2)CC1. The fourth-order valence-corrected chi connectivity index (χ4v) is 4.23. The van der Waals surface area contributed by atoms with Crippen molar-refractivity contribution in [3.63, 3.8) is 0 Å². The summed E-state index contributed by atoms with van der Waals surface area (Å²) >= 11 is 0. The van der Waals surface area contributed by atoms with Crippen molar-refractivity contribution >= 4 is 30.7 Å². The third-order valence-corrected chi connectivity index (χ3v) is 5.77. The van der Waals surface area contributed by atoms with Crippen LogP contribution in [0.25, 0.3) is 0 Å². The Morgan fingerprint density at radius 1 is 0.867 bits per heavy atom. The number of nitrogens with zero attached hydrogens (tertiary/aromatic N) is 2. The first kappa shape index (κ1) is 24.5. The van der Waals surface area contributed by atoms with Crippen molar-refractivity contribution < 1.29 is 13.6 Å². The van der Waals surface area contributed by atoms with Crippen molar-refractivity contribution in [2.45, 2.75) is 12.5 Å². The molecule has 2 aromatic carbocycles. The van der Waals surface area contributed by atoms with Crippen LogP contribution in [0.15, 0.2) is 48.5 Å². The van der Waals surface area contributed by atoms with Gasteiger partial charge in [-0.2, -0.15) is 0 Å². The summed E-state index contributed by atoms with van der Waals surface area (Å²) in [7, 11) is 0. The van der Waals surface area contributed by atoms with E-state index in [4.69, 9.17) is 0 Å². The van der Waals surface area contributed by atoms with Gasteiger partial charge in [-0.25, -0.2) is 8.78 Å². The number of nitrogens with one attached hydrogen (secondary N) is 1. The van der Waals surface area contributed by atoms with Crippen molar-refractivity contribution in [2.24, 2.45) is 5.92 Å². The van der Waals surface area contributed by atoms with E-state index in [9.17, 15) is 13.6 Å². The number of hydrogen-bond donors (Lipinski definition) is 1. The van der Waals surface area contributed by atoms with E-state index in [1.54, 1.807) is 24.3 Å². The summed E-state index contributed by atoms with van der Waals surface area (Å²) in [5.74, 6) is -0.217. The molecule has 2 aliphatic heterocycles. The normalized spacial score (nSPS) is 19.3. The van der Waals surface area contributed by atoms with Crippen LogP contribution in [0.2, 0.25) is 0 Å². The molecule has 2 aliphatic rings. The molecule has 2 saturated heterocycles. The first-order chi connectivity index (χ1) is 13.6. The van der Waals surface area contributed by atoms with Gasteiger partial charge in [0.15, 0.2) is 0 Å². The Labute approximate surface area is 188 Å². The summed E-state index contributed by atoms with van der Waals surface area (Å²) in [6.07, 6.45) is 0.910. The highest BCUT2D eigenvalue weighted by Gasteiger charge is 2.32. The van der Waals surface area contributed by atoms with Crippen LogP contribution in [-0.2, 0) is 4.79 Å². The highest BCUT2D eigenvalue weighted by molar-refractivity contribution is 5.85.